The first-order valence-electron chi connectivity index (χ1n) is 10.5. The Kier molecular flexibility index (Phi) is 7.66. The maximum atomic E-state index is 4.62. The van der Waals surface area contributed by atoms with Crippen LogP contribution in [0.4, 0.5) is 0 Å². The van der Waals surface area contributed by atoms with E-state index in [1.165, 1.54) is 0 Å². The van der Waals surface area contributed by atoms with E-state index in [-0.39, 0.29) is 20.1 Å². The number of imidazole rings is 1. The van der Waals surface area contributed by atoms with Crippen LogP contribution in [0.3, 0.4) is 0 Å². The third-order valence-corrected chi connectivity index (χ3v) is 4.96. The number of benzene rings is 3. The van der Waals surface area contributed by atoms with Gasteiger partial charge in [0.25, 0.3) is 0 Å². The van der Waals surface area contributed by atoms with E-state index in [9.17, 15) is 0 Å². The van der Waals surface area contributed by atoms with Gasteiger partial charge in [0.05, 0.1) is 17.5 Å². The quantitative estimate of drug-likeness (QED) is 0.235. The summed E-state index contributed by atoms with van der Waals surface area (Å²) in [6, 6.07) is 39.9. The molecule has 3 aromatic carbocycles. The molecular formula is C28H19IrN5-2. The first-order chi connectivity index (χ1) is 16.4. The molecule has 3 aromatic heterocycles. The molecule has 0 saturated carbocycles. The summed E-state index contributed by atoms with van der Waals surface area (Å²) in [7, 11) is 0. The van der Waals surface area contributed by atoms with Crippen molar-refractivity contribution < 1.29 is 20.1 Å². The van der Waals surface area contributed by atoms with Crippen molar-refractivity contribution >= 4 is 11.2 Å². The zero-order valence-electron chi connectivity index (χ0n) is 18.0. The van der Waals surface area contributed by atoms with Crippen molar-refractivity contribution in [3.05, 3.63) is 128 Å². The van der Waals surface area contributed by atoms with Crippen molar-refractivity contribution in [1.29, 1.82) is 0 Å². The van der Waals surface area contributed by atoms with Crippen LogP contribution in [0.25, 0.3) is 39.5 Å². The van der Waals surface area contributed by atoms with Crippen LogP contribution in [-0.2, 0) is 20.1 Å². The Labute approximate surface area is 211 Å². The zero-order valence-corrected chi connectivity index (χ0v) is 20.4. The van der Waals surface area contributed by atoms with Crippen LogP contribution < -0.4 is 0 Å². The second kappa shape index (κ2) is 11.2. The number of rotatable bonds is 3. The molecule has 0 unspecified atom stereocenters. The van der Waals surface area contributed by atoms with Crippen molar-refractivity contribution in [1.82, 2.24) is 24.7 Å². The molecule has 6 rings (SSSR count). The van der Waals surface area contributed by atoms with Gasteiger partial charge in [-0.15, -0.1) is 76.9 Å². The van der Waals surface area contributed by atoms with Crippen molar-refractivity contribution in [2.24, 2.45) is 0 Å². The molecule has 0 bridgehead atoms. The average molecular weight is 618 g/mol. The molecule has 6 heteroatoms. The molecule has 6 aromatic rings. The van der Waals surface area contributed by atoms with Crippen molar-refractivity contribution in [3.63, 3.8) is 0 Å². The molecule has 34 heavy (non-hydrogen) atoms. The van der Waals surface area contributed by atoms with Gasteiger partial charge in [-0.05, 0) is 30.0 Å². The predicted octanol–water partition coefficient (Wildman–Crippen LogP) is 5.83. The SMILES string of the molecule is [Ir].[c-]1ccccc1-c1ccccn1.[c-]1ccccc1-c1nc2nnccc2n1-c1ccccc1. The number of pyridine rings is 1. The van der Waals surface area contributed by atoms with Gasteiger partial charge in [-0.25, -0.2) is 0 Å². The smallest absolute Gasteiger partial charge is 0.190 e. The van der Waals surface area contributed by atoms with Crippen molar-refractivity contribution in [3.8, 4) is 28.3 Å². The van der Waals surface area contributed by atoms with Crippen LogP contribution in [0.5, 0.6) is 0 Å². The number of para-hydroxylation sites is 1. The first kappa shape index (κ1) is 23.2. The number of nitrogens with zero attached hydrogens (tertiary/aromatic N) is 5. The van der Waals surface area contributed by atoms with E-state index in [0.717, 1.165) is 33.8 Å². The molecular weight excluding hydrogens is 599 g/mol. The second-order valence-corrected chi connectivity index (χ2v) is 7.11. The van der Waals surface area contributed by atoms with Crippen LogP contribution in [0, 0.1) is 12.1 Å². The van der Waals surface area contributed by atoms with Crippen LogP contribution in [-0.4, -0.2) is 24.7 Å². The number of aromatic nitrogens is 5. The van der Waals surface area contributed by atoms with E-state index in [2.05, 4.69) is 36.9 Å². The van der Waals surface area contributed by atoms with Gasteiger partial charge in [-0.3, -0.25) is 4.98 Å². The predicted molar refractivity (Wildman–Crippen MR) is 129 cm³/mol. The fraction of sp³-hybridized carbons (Fsp3) is 0. The summed E-state index contributed by atoms with van der Waals surface area (Å²) in [5, 5.41) is 8.04. The minimum Gasteiger partial charge on any atom is -0.332 e. The van der Waals surface area contributed by atoms with Crippen LogP contribution >= 0.6 is 0 Å². The Bertz CT molecular complexity index is 1400. The largest absolute Gasteiger partial charge is 0.332 e. The summed E-state index contributed by atoms with van der Waals surface area (Å²) in [6.07, 6.45) is 3.47. The fourth-order valence-electron chi connectivity index (χ4n) is 3.46. The molecule has 0 aliphatic carbocycles. The minimum atomic E-state index is 0. The topological polar surface area (TPSA) is 56.5 Å². The summed E-state index contributed by atoms with van der Waals surface area (Å²) in [6.45, 7) is 0. The van der Waals surface area contributed by atoms with Crippen molar-refractivity contribution in [2.45, 2.75) is 0 Å². The third-order valence-electron chi connectivity index (χ3n) is 4.96. The molecule has 0 aliphatic rings. The zero-order chi connectivity index (χ0) is 22.3. The maximum absolute atomic E-state index is 4.62. The molecule has 1 radical (unpaired) electrons. The van der Waals surface area contributed by atoms with Gasteiger partial charge in [0.2, 0.25) is 0 Å². The molecule has 0 atom stereocenters. The molecule has 167 valence electrons. The summed E-state index contributed by atoms with van der Waals surface area (Å²) >= 11 is 0. The maximum Gasteiger partial charge on any atom is 0.190 e. The van der Waals surface area contributed by atoms with E-state index in [4.69, 9.17) is 0 Å². The van der Waals surface area contributed by atoms with Gasteiger partial charge < -0.3 is 9.55 Å². The number of hydrogen-bond donors (Lipinski definition) is 0. The Morgan fingerprint density at radius 1 is 0.647 bits per heavy atom. The molecule has 3 heterocycles. The normalized spacial score (nSPS) is 10.1. The van der Waals surface area contributed by atoms with E-state index in [1.807, 2.05) is 103 Å². The molecule has 0 aliphatic heterocycles. The Morgan fingerprint density at radius 3 is 2.03 bits per heavy atom. The minimum absolute atomic E-state index is 0. The Balaban J connectivity index is 0.000000180. The van der Waals surface area contributed by atoms with E-state index in [1.54, 1.807) is 12.4 Å². The van der Waals surface area contributed by atoms with Gasteiger partial charge in [-0.1, -0.05) is 30.3 Å². The monoisotopic (exact) mass is 618 g/mol. The molecule has 0 fully saturated rings. The molecule has 0 amide bonds. The van der Waals surface area contributed by atoms with Gasteiger partial charge in [0.1, 0.15) is 0 Å². The van der Waals surface area contributed by atoms with E-state index < -0.39 is 0 Å². The number of hydrogen-bond acceptors (Lipinski definition) is 4. The molecule has 0 saturated heterocycles. The van der Waals surface area contributed by atoms with Gasteiger partial charge >= 0.3 is 0 Å². The van der Waals surface area contributed by atoms with Crippen LogP contribution in [0.15, 0.2) is 116 Å². The third kappa shape index (κ3) is 5.15. The van der Waals surface area contributed by atoms with Gasteiger partial charge in [0.15, 0.2) is 5.65 Å². The van der Waals surface area contributed by atoms with Gasteiger partial charge in [0, 0.05) is 32.0 Å². The van der Waals surface area contributed by atoms with E-state index in [0.29, 0.717) is 5.65 Å². The fourth-order valence-corrected chi connectivity index (χ4v) is 3.46. The molecule has 0 spiro atoms. The van der Waals surface area contributed by atoms with E-state index >= 15 is 0 Å². The van der Waals surface area contributed by atoms with Crippen LogP contribution in [0.1, 0.15) is 0 Å². The molecule has 0 N–H and O–H groups in total. The molecule has 5 nitrogen and oxygen atoms in total. The second-order valence-electron chi connectivity index (χ2n) is 7.11. The average Bonchev–Trinajstić information content (AvgIpc) is 3.31. The Morgan fingerprint density at radius 2 is 1.35 bits per heavy atom. The first-order valence-corrected chi connectivity index (χ1v) is 10.5. The van der Waals surface area contributed by atoms with Crippen LogP contribution in [0.2, 0.25) is 0 Å². The summed E-state index contributed by atoms with van der Waals surface area (Å²) in [4.78, 5) is 8.84. The van der Waals surface area contributed by atoms with Crippen molar-refractivity contribution in [2.75, 3.05) is 0 Å². The Hall–Kier alpha value is -3.99. The number of fused-ring (bicyclic) bond motifs is 1. The van der Waals surface area contributed by atoms with Gasteiger partial charge in [-0.2, -0.15) is 5.10 Å². The summed E-state index contributed by atoms with van der Waals surface area (Å²) in [5.41, 5.74) is 5.55. The summed E-state index contributed by atoms with van der Waals surface area (Å²) < 4.78 is 2.08. The standard InChI is InChI=1S/C17H11N4.C11H8N.Ir/c1-3-7-13(8-4-1)17-19-16-15(11-12-18-20-16)21(17)14-9-5-2-6-10-14;1-2-6-10(7-3-1)11-8-4-5-9-12-11;/h1-7,9-12H;1-6,8-9H;/q2*-1;. The summed E-state index contributed by atoms with van der Waals surface area (Å²) in [5.74, 6) is 0.817.